The molecule has 150 valence electrons. The zero-order valence-electron chi connectivity index (χ0n) is 16.0. The summed E-state index contributed by atoms with van der Waals surface area (Å²) in [6, 6.07) is 17.0. The van der Waals surface area contributed by atoms with E-state index in [0.717, 1.165) is 27.5 Å². The lowest BCUT2D eigenvalue weighted by molar-refractivity contribution is 0.103. The number of thiophene rings is 1. The normalized spacial score (nSPS) is 12.6. The molecule has 5 rings (SSSR count). The minimum absolute atomic E-state index is 0.169. The monoisotopic (exact) mass is 419 g/mol. The van der Waals surface area contributed by atoms with Crippen molar-refractivity contribution in [2.45, 2.75) is 0 Å². The van der Waals surface area contributed by atoms with Crippen LogP contribution in [0.5, 0.6) is 11.5 Å². The summed E-state index contributed by atoms with van der Waals surface area (Å²) < 4.78 is 12.8. The number of amides is 1. The highest BCUT2D eigenvalue weighted by atomic mass is 32.1. The lowest BCUT2D eigenvalue weighted by atomic mass is 10.1. The molecule has 0 fully saturated rings. The summed E-state index contributed by atoms with van der Waals surface area (Å²) >= 11 is 1.42. The standard InChI is InChI=1S/C21H17N5O3S/c1-26-20(23-24-25-26)14-3-2-4-15(11-14)22-21(27)19-8-7-18(30-19)13-5-6-16-17(12-13)29-10-9-28-16/h2-8,11-12H,9-10H2,1H3,(H,22,27). The number of carbonyl (C=O) groups is 1. The van der Waals surface area contributed by atoms with Crippen molar-refractivity contribution in [1.29, 1.82) is 0 Å². The number of carbonyl (C=O) groups excluding carboxylic acids is 1. The second kappa shape index (κ2) is 7.60. The van der Waals surface area contributed by atoms with Crippen molar-refractivity contribution in [1.82, 2.24) is 20.2 Å². The van der Waals surface area contributed by atoms with E-state index in [1.807, 2.05) is 54.6 Å². The van der Waals surface area contributed by atoms with Gasteiger partial charge in [-0.05, 0) is 58.5 Å². The molecule has 2 aromatic heterocycles. The van der Waals surface area contributed by atoms with E-state index in [1.165, 1.54) is 11.3 Å². The molecule has 2 aromatic carbocycles. The molecule has 1 aliphatic heterocycles. The smallest absolute Gasteiger partial charge is 0.265 e. The first-order valence-corrected chi connectivity index (χ1v) is 10.1. The van der Waals surface area contributed by atoms with Gasteiger partial charge in [0, 0.05) is 23.2 Å². The Labute approximate surface area is 176 Å². The van der Waals surface area contributed by atoms with Gasteiger partial charge in [-0.3, -0.25) is 4.79 Å². The van der Waals surface area contributed by atoms with Crippen molar-refractivity contribution < 1.29 is 14.3 Å². The summed E-state index contributed by atoms with van der Waals surface area (Å²) in [5, 5.41) is 14.4. The molecule has 0 atom stereocenters. The quantitative estimate of drug-likeness (QED) is 0.543. The Bertz CT molecular complexity index is 1230. The number of aryl methyl sites for hydroxylation is 1. The number of hydrogen-bond acceptors (Lipinski definition) is 7. The third-order valence-corrected chi connectivity index (χ3v) is 5.79. The van der Waals surface area contributed by atoms with E-state index in [2.05, 4.69) is 20.8 Å². The van der Waals surface area contributed by atoms with Crippen LogP contribution in [0.1, 0.15) is 9.67 Å². The second-order valence-corrected chi connectivity index (χ2v) is 7.77. The Morgan fingerprint density at radius 1 is 1.03 bits per heavy atom. The number of hydrogen-bond donors (Lipinski definition) is 1. The molecule has 30 heavy (non-hydrogen) atoms. The molecule has 0 unspecified atom stereocenters. The molecule has 0 radical (unpaired) electrons. The van der Waals surface area contributed by atoms with Crippen LogP contribution in [0.2, 0.25) is 0 Å². The van der Waals surface area contributed by atoms with E-state index in [1.54, 1.807) is 11.7 Å². The van der Waals surface area contributed by atoms with Gasteiger partial charge >= 0.3 is 0 Å². The van der Waals surface area contributed by atoms with Crippen LogP contribution in [0, 0.1) is 0 Å². The molecule has 0 spiro atoms. The molecule has 0 saturated carbocycles. The average Bonchev–Trinajstić information content (AvgIpc) is 3.43. The fourth-order valence-corrected chi connectivity index (χ4v) is 4.11. The van der Waals surface area contributed by atoms with E-state index in [9.17, 15) is 4.79 Å². The van der Waals surface area contributed by atoms with Crippen molar-refractivity contribution in [2.75, 3.05) is 18.5 Å². The molecule has 3 heterocycles. The largest absolute Gasteiger partial charge is 0.486 e. The van der Waals surface area contributed by atoms with Crippen LogP contribution < -0.4 is 14.8 Å². The SMILES string of the molecule is Cn1nnnc1-c1cccc(NC(=O)c2ccc(-c3ccc4c(c3)OCCO4)s2)c1. The first kappa shape index (κ1) is 18.3. The molecule has 0 saturated heterocycles. The van der Waals surface area contributed by atoms with Crippen molar-refractivity contribution >= 4 is 22.9 Å². The number of tetrazole rings is 1. The predicted molar refractivity (Wildman–Crippen MR) is 113 cm³/mol. The molecule has 0 aliphatic carbocycles. The number of aromatic nitrogens is 4. The van der Waals surface area contributed by atoms with Gasteiger partial charge in [-0.1, -0.05) is 12.1 Å². The summed E-state index contributed by atoms with van der Waals surface area (Å²) in [5.41, 5.74) is 2.48. The van der Waals surface area contributed by atoms with Gasteiger partial charge in [0.2, 0.25) is 0 Å². The van der Waals surface area contributed by atoms with Crippen LogP contribution >= 0.6 is 11.3 Å². The van der Waals surface area contributed by atoms with Crippen LogP contribution in [-0.4, -0.2) is 39.3 Å². The summed E-state index contributed by atoms with van der Waals surface area (Å²) in [5.74, 6) is 1.94. The van der Waals surface area contributed by atoms with Gasteiger partial charge in [-0.2, -0.15) is 0 Å². The Kier molecular flexibility index (Phi) is 4.64. The first-order valence-electron chi connectivity index (χ1n) is 9.31. The maximum atomic E-state index is 12.8. The Balaban J connectivity index is 1.35. The van der Waals surface area contributed by atoms with E-state index in [-0.39, 0.29) is 5.91 Å². The number of ether oxygens (including phenoxy) is 2. The molecule has 4 aromatic rings. The Morgan fingerprint density at radius 3 is 2.73 bits per heavy atom. The minimum atomic E-state index is -0.169. The molecule has 1 aliphatic rings. The average molecular weight is 419 g/mol. The van der Waals surface area contributed by atoms with E-state index >= 15 is 0 Å². The van der Waals surface area contributed by atoms with Crippen molar-refractivity contribution in [3.05, 3.63) is 59.5 Å². The van der Waals surface area contributed by atoms with Crippen molar-refractivity contribution in [3.8, 4) is 33.3 Å². The summed E-state index contributed by atoms with van der Waals surface area (Å²) in [6.07, 6.45) is 0. The fourth-order valence-electron chi connectivity index (χ4n) is 3.21. The van der Waals surface area contributed by atoms with Crippen molar-refractivity contribution in [2.24, 2.45) is 7.05 Å². The van der Waals surface area contributed by atoms with Gasteiger partial charge in [0.05, 0.1) is 4.88 Å². The number of benzene rings is 2. The molecule has 1 amide bonds. The van der Waals surface area contributed by atoms with Crippen LogP contribution in [0.15, 0.2) is 54.6 Å². The molecule has 8 nitrogen and oxygen atoms in total. The topological polar surface area (TPSA) is 91.2 Å². The van der Waals surface area contributed by atoms with Crippen molar-refractivity contribution in [3.63, 3.8) is 0 Å². The molecule has 9 heteroatoms. The van der Waals surface area contributed by atoms with E-state index in [0.29, 0.717) is 29.6 Å². The Hall–Kier alpha value is -3.72. The fraction of sp³-hybridized carbons (Fsp3) is 0.143. The van der Waals surface area contributed by atoms with Gasteiger partial charge in [0.1, 0.15) is 13.2 Å². The van der Waals surface area contributed by atoms with Gasteiger partial charge < -0.3 is 14.8 Å². The maximum Gasteiger partial charge on any atom is 0.265 e. The molecular weight excluding hydrogens is 402 g/mol. The van der Waals surface area contributed by atoms with Gasteiger partial charge in [-0.15, -0.1) is 16.4 Å². The number of nitrogens with zero attached hydrogens (tertiary/aromatic N) is 4. The molecule has 1 N–H and O–H groups in total. The van der Waals surface area contributed by atoms with Gasteiger partial charge in [0.15, 0.2) is 17.3 Å². The second-order valence-electron chi connectivity index (χ2n) is 6.68. The zero-order chi connectivity index (χ0) is 20.5. The number of nitrogens with one attached hydrogen (secondary N) is 1. The third kappa shape index (κ3) is 3.50. The Morgan fingerprint density at radius 2 is 1.90 bits per heavy atom. The summed E-state index contributed by atoms with van der Waals surface area (Å²) in [6.45, 7) is 1.10. The van der Waals surface area contributed by atoms with E-state index < -0.39 is 0 Å². The number of fused-ring (bicyclic) bond motifs is 1. The summed E-state index contributed by atoms with van der Waals surface area (Å²) in [4.78, 5) is 14.4. The third-order valence-electron chi connectivity index (χ3n) is 4.66. The highest BCUT2D eigenvalue weighted by Gasteiger charge is 2.15. The number of anilines is 1. The summed E-state index contributed by atoms with van der Waals surface area (Å²) in [7, 11) is 1.77. The molecule has 0 bridgehead atoms. The highest BCUT2D eigenvalue weighted by Crippen LogP contribution is 2.37. The van der Waals surface area contributed by atoms with Gasteiger partial charge in [0.25, 0.3) is 5.91 Å². The van der Waals surface area contributed by atoms with Crippen LogP contribution in [0.25, 0.3) is 21.8 Å². The van der Waals surface area contributed by atoms with E-state index in [4.69, 9.17) is 9.47 Å². The minimum Gasteiger partial charge on any atom is -0.486 e. The van der Waals surface area contributed by atoms with Crippen LogP contribution in [0.4, 0.5) is 5.69 Å². The lowest BCUT2D eigenvalue weighted by Gasteiger charge is -2.18. The van der Waals surface area contributed by atoms with Gasteiger partial charge in [-0.25, -0.2) is 4.68 Å². The molecular formula is C21H17N5O3S. The maximum absolute atomic E-state index is 12.8. The van der Waals surface area contributed by atoms with Crippen LogP contribution in [0.3, 0.4) is 0 Å². The predicted octanol–water partition coefficient (Wildman–Crippen LogP) is 3.63. The van der Waals surface area contributed by atoms with Crippen LogP contribution in [-0.2, 0) is 7.05 Å². The lowest BCUT2D eigenvalue weighted by Crippen LogP contribution is -2.15. The number of rotatable bonds is 4. The first-order chi connectivity index (χ1) is 14.7. The highest BCUT2D eigenvalue weighted by molar-refractivity contribution is 7.17. The zero-order valence-corrected chi connectivity index (χ0v) is 16.8.